The first-order valence-corrected chi connectivity index (χ1v) is 12.2. The van der Waals surface area contributed by atoms with Crippen molar-refractivity contribution in [2.45, 2.75) is 0 Å². The molecule has 5 aromatic carbocycles. The Balaban J connectivity index is 1.67. The molecule has 1 aromatic heterocycles. The van der Waals surface area contributed by atoms with Crippen LogP contribution in [0.1, 0.15) is 0 Å². The van der Waals surface area contributed by atoms with Crippen LogP contribution in [0.5, 0.6) is 0 Å². The van der Waals surface area contributed by atoms with Gasteiger partial charge >= 0.3 is 0 Å². The molecule has 2 nitrogen and oxygen atoms in total. The second-order valence-corrected chi connectivity index (χ2v) is 9.56. The zero-order chi connectivity index (χ0) is 22.4. The fourth-order valence-corrected chi connectivity index (χ4v) is 5.18. The normalized spacial score (nSPS) is 11.3. The lowest BCUT2D eigenvalue weighted by Crippen LogP contribution is -1.99. The molecule has 0 fully saturated rings. The highest BCUT2D eigenvalue weighted by atomic mass is 127. The molecule has 0 amide bonds. The number of hydrogen-bond acceptors (Lipinski definition) is 1. The Morgan fingerprint density at radius 2 is 1.36 bits per heavy atom. The molecule has 0 aliphatic carbocycles. The number of nitrogens with zero attached hydrogens (tertiary/aromatic N) is 2. The summed E-state index contributed by atoms with van der Waals surface area (Å²) in [5, 5.41) is 3.15. The van der Waals surface area contributed by atoms with Crippen LogP contribution in [0.2, 0.25) is 5.02 Å². The van der Waals surface area contributed by atoms with Crippen molar-refractivity contribution in [2.24, 2.45) is 0 Å². The van der Waals surface area contributed by atoms with Gasteiger partial charge in [-0.2, -0.15) is 0 Å². The van der Waals surface area contributed by atoms with E-state index in [1.54, 1.807) is 0 Å². The van der Waals surface area contributed by atoms with Crippen molar-refractivity contribution in [1.29, 1.82) is 0 Å². The highest BCUT2D eigenvalue weighted by Gasteiger charge is 2.17. The van der Waals surface area contributed by atoms with E-state index in [1.807, 2.05) is 30.3 Å². The molecule has 0 atom stereocenters. The van der Waals surface area contributed by atoms with Gasteiger partial charge in [0.05, 0.1) is 16.7 Å². The van der Waals surface area contributed by atoms with Crippen molar-refractivity contribution in [3.05, 3.63) is 118 Å². The summed E-state index contributed by atoms with van der Waals surface area (Å²) < 4.78 is 3.50. The van der Waals surface area contributed by atoms with Crippen LogP contribution >= 0.6 is 34.2 Å². The van der Waals surface area contributed by atoms with Crippen molar-refractivity contribution in [3.63, 3.8) is 0 Å². The summed E-state index contributed by atoms with van der Waals surface area (Å²) in [6.07, 6.45) is 0. The fraction of sp³-hybridized carbons (Fsp3) is 0. The minimum Gasteiger partial charge on any atom is -0.292 e. The van der Waals surface area contributed by atoms with Gasteiger partial charge in [0, 0.05) is 19.5 Å². The first-order valence-electron chi connectivity index (χ1n) is 10.7. The Bertz CT molecular complexity index is 1620. The van der Waals surface area contributed by atoms with Crippen LogP contribution < -0.4 is 0 Å². The minimum absolute atomic E-state index is 0.715. The van der Waals surface area contributed by atoms with Gasteiger partial charge < -0.3 is 0 Å². The predicted octanol–water partition coefficient (Wildman–Crippen LogP) is 8.77. The second-order valence-electron chi connectivity index (χ2n) is 7.96. The summed E-state index contributed by atoms with van der Waals surface area (Å²) in [5.74, 6) is 0.901. The Hall–Kier alpha value is -3.15. The highest BCUT2D eigenvalue weighted by Crippen LogP contribution is 2.35. The Morgan fingerprint density at radius 1 is 0.636 bits per heavy atom. The van der Waals surface area contributed by atoms with Gasteiger partial charge in [-0.05, 0) is 87.6 Å². The molecule has 6 rings (SSSR count). The van der Waals surface area contributed by atoms with E-state index in [9.17, 15) is 0 Å². The SMILES string of the molecule is Clc1ccc(-c2nc3cc(-c4ccccc4)ccc3n2-c2cccc3c(I)cccc23)cc1. The topological polar surface area (TPSA) is 17.8 Å². The summed E-state index contributed by atoms with van der Waals surface area (Å²) in [6.45, 7) is 0. The minimum atomic E-state index is 0.715. The third-order valence-corrected chi connectivity index (χ3v) is 7.14. The average Bonchev–Trinajstić information content (AvgIpc) is 3.23. The Morgan fingerprint density at radius 3 is 2.18 bits per heavy atom. The predicted molar refractivity (Wildman–Crippen MR) is 147 cm³/mol. The number of halogens is 2. The molecule has 158 valence electrons. The molecule has 0 unspecified atom stereocenters. The molecule has 33 heavy (non-hydrogen) atoms. The molecular formula is C29H18ClIN2. The lowest BCUT2D eigenvalue weighted by atomic mass is 10.0. The zero-order valence-electron chi connectivity index (χ0n) is 17.5. The standard InChI is InChI=1S/C29H18ClIN2/c30-22-15-12-20(13-16-22)29-32-26-18-21(19-6-2-1-3-7-19)14-17-28(26)33(29)27-11-5-8-23-24(27)9-4-10-25(23)31/h1-18H. The Labute approximate surface area is 210 Å². The van der Waals surface area contributed by atoms with Crippen molar-refractivity contribution in [2.75, 3.05) is 0 Å². The Kier molecular flexibility index (Phi) is 5.16. The van der Waals surface area contributed by atoms with E-state index in [1.165, 1.54) is 19.9 Å². The summed E-state index contributed by atoms with van der Waals surface area (Å²) in [5.41, 5.74) is 6.52. The third kappa shape index (κ3) is 3.62. The quantitative estimate of drug-likeness (QED) is 0.199. The summed E-state index contributed by atoms with van der Waals surface area (Å²) in [4.78, 5) is 5.12. The van der Waals surface area contributed by atoms with Crippen LogP contribution in [0.3, 0.4) is 0 Å². The van der Waals surface area contributed by atoms with Crippen molar-refractivity contribution < 1.29 is 0 Å². The number of hydrogen-bond donors (Lipinski definition) is 0. The van der Waals surface area contributed by atoms with Gasteiger partial charge in [-0.25, -0.2) is 4.98 Å². The first kappa shape index (κ1) is 20.5. The number of imidazole rings is 1. The number of rotatable bonds is 3. The van der Waals surface area contributed by atoms with E-state index in [0.29, 0.717) is 5.02 Å². The molecule has 4 heteroatoms. The lowest BCUT2D eigenvalue weighted by molar-refractivity contribution is 1.11. The van der Waals surface area contributed by atoms with Crippen LogP contribution in [0.4, 0.5) is 0 Å². The molecule has 0 aliphatic heterocycles. The van der Waals surface area contributed by atoms with Crippen LogP contribution in [-0.2, 0) is 0 Å². The molecule has 1 heterocycles. The highest BCUT2D eigenvalue weighted by molar-refractivity contribution is 14.1. The molecular weight excluding hydrogens is 539 g/mol. The van der Waals surface area contributed by atoms with E-state index in [0.717, 1.165) is 33.7 Å². The van der Waals surface area contributed by atoms with Crippen molar-refractivity contribution in [3.8, 4) is 28.2 Å². The molecule has 0 radical (unpaired) electrons. The zero-order valence-corrected chi connectivity index (χ0v) is 20.5. The van der Waals surface area contributed by atoms with Crippen LogP contribution in [0.25, 0.3) is 50.0 Å². The molecule has 0 aliphatic rings. The smallest absolute Gasteiger partial charge is 0.145 e. The third-order valence-electron chi connectivity index (χ3n) is 5.95. The number of aromatic nitrogens is 2. The number of fused-ring (bicyclic) bond motifs is 2. The van der Waals surface area contributed by atoms with E-state index < -0.39 is 0 Å². The van der Waals surface area contributed by atoms with Gasteiger partial charge in [0.25, 0.3) is 0 Å². The van der Waals surface area contributed by atoms with Crippen LogP contribution in [0, 0.1) is 3.57 Å². The monoisotopic (exact) mass is 556 g/mol. The average molecular weight is 557 g/mol. The van der Waals surface area contributed by atoms with Gasteiger partial charge in [0.2, 0.25) is 0 Å². The summed E-state index contributed by atoms with van der Waals surface area (Å²) in [7, 11) is 0. The van der Waals surface area contributed by atoms with E-state index in [-0.39, 0.29) is 0 Å². The fourth-order valence-electron chi connectivity index (χ4n) is 4.38. The van der Waals surface area contributed by atoms with Gasteiger partial charge in [-0.15, -0.1) is 0 Å². The van der Waals surface area contributed by atoms with Gasteiger partial charge in [0.1, 0.15) is 5.82 Å². The largest absolute Gasteiger partial charge is 0.292 e. The summed E-state index contributed by atoms with van der Waals surface area (Å²) in [6, 6.07) is 37.8. The maximum Gasteiger partial charge on any atom is 0.145 e. The maximum atomic E-state index is 6.19. The second kappa shape index (κ2) is 8.32. The van der Waals surface area contributed by atoms with E-state index in [4.69, 9.17) is 16.6 Å². The molecule has 0 bridgehead atoms. The first-order chi connectivity index (χ1) is 16.2. The van der Waals surface area contributed by atoms with Gasteiger partial charge in [0.15, 0.2) is 0 Å². The van der Waals surface area contributed by atoms with Crippen molar-refractivity contribution >= 4 is 56.0 Å². The molecule has 6 aromatic rings. The number of benzene rings is 5. The van der Waals surface area contributed by atoms with Crippen LogP contribution in [0.15, 0.2) is 109 Å². The molecule has 0 spiro atoms. The maximum absolute atomic E-state index is 6.19. The lowest BCUT2D eigenvalue weighted by Gasteiger charge is -2.13. The van der Waals surface area contributed by atoms with E-state index >= 15 is 0 Å². The summed E-state index contributed by atoms with van der Waals surface area (Å²) >= 11 is 8.60. The van der Waals surface area contributed by atoms with Gasteiger partial charge in [-0.1, -0.05) is 72.3 Å². The molecule has 0 N–H and O–H groups in total. The molecule has 0 saturated heterocycles. The van der Waals surface area contributed by atoms with Crippen molar-refractivity contribution in [1.82, 2.24) is 9.55 Å². The van der Waals surface area contributed by atoms with Gasteiger partial charge in [-0.3, -0.25) is 4.57 Å². The van der Waals surface area contributed by atoms with E-state index in [2.05, 4.69) is 106 Å². The van der Waals surface area contributed by atoms with Crippen LogP contribution in [-0.4, -0.2) is 9.55 Å². The molecule has 0 saturated carbocycles.